The minimum atomic E-state index is 0.615. The quantitative estimate of drug-likeness (QED) is 0.657. The topological polar surface area (TPSA) is 33.6 Å². The number of hydrazone groups is 1. The van der Waals surface area contributed by atoms with Crippen LogP contribution in [0.25, 0.3) is 0 Å². The smallest absolute Gasteiger partial charge is 0.0895 e. The van der Waals surface area contributed by atoms with Crippen LogP contribution in [0.2, 0.25) is 0 Å². The van der Waals surface area contributed by atoms with Gasteiger partial charge in [-0.15, -0.1) is 0 Å². The fourth-order valence-corrected chi connectivity index (χ4v) is 1.83. The number of nitrogens with zero attached hydrogens (tertiary/aromatic N) is 1. The average Bonchev–Trinajstić information content (AvgIpc) is 2.05. The van der Waals surface area contributed by atoms with E-state index in [9.17, 15) is 0 Å². The van der Waals surface area contributed by atoms with E-state index in [0.717, 1.165) is 19.1 Å². The second-order valence-corrected chi connectivity index (χ2v) is 4.26. The standard InChI is InChI=1S/C10H18N2O/c1-8-2-4-9(5-3-8)11-12-10-6-13-7-10/h8-9,11H,2-7H2,1H3. The van der Waals surface area contributed by atoms with Crippen LogP contribution in [0.5, 0.6) is 0 Å². The zero-order valence-electron chi connectivity index (χ0n) is 8.25. The van der Waals surface area contributed by atoms with Crippen molar-refractivity contribution < 1.29 is 4.74 Å². The van der Waals surface area contributed by atoms with Gasteiger partial charge in [0.1, 0.15) is 0 Å². The SMILES string of the molecule is CC1CCC(NN=C2COC2)CC1. The molecule has 3 nitrogen and oxygen atoms in total. The minimum Gasteiger partial charge on any atom is -0.369 e. The predicted molar refractivity (Wildman–Crippen MR) is 52.8 cm³/mol. The van der Waals surface area contributed by atoms with Crippen LogP contribution < -0.4 is 5.43 Å². The summed E-state index contributed by atoms with van der Waals surface area (Å²) in [4.78, 5) is 0. The molecule has 1 saturated heterocycles. The van der Waals surface area contributed by atoms with Crippen LogP contribution in [0.1, 0.15) is 32.6 Å². The molecule has 0 spiro atoms. The van der Waals surface area contributed by atoms with Gasteiger partial charge in [-0.05, 0) is 31.6 Å². The normalized spacial score (nSPS) is 33.8. The molecule has 0 bridgehead atoms. The molecule has 1 aliphatic carbocycles. The van der Waals surface area contributed by atoms with Gasteiger partial charge in [-0.25, -0.2) is 0 Å². The summed E-state index contributed by atoms with van der Waals surface area (Å²) >= 11 is 0. The molecular formula is C10H18N2O. The third-order valence-corrected chi connectivity index (χ3v) is 2.96. The molecule has 3 heteroatoms. The maximum Gasteiger partial charge on any atom is 0.0895 e. The van der Waals surface area contributed by atoms with E-state index < -0.39 is 0 Å². The van der Waals surface area contributed by atoms with Crippen molar-refractivity contribution in [3.63, 3.8) is 0 Å². The van der Waals surface area contributed by atoms with Crippen LogP contribution in [0, 0.1) is 5.92 Å². The van der Waals surface area contributed by atoms with E-state index in [0.29, 0.717) is 6.04 Å². The van der Waals surface area contributed by atoms with Crippen molar-refractivity contribution in [1.29, 1.82) is 0 Å². The Bertz CT molecular complexity index is 189. The molecule has 0 aromatic rings. The first-order chi connectivity index (χ1) is 6.34. The van der Waals surface area contributed by atoms with E-state index in [1.54, 1.807) is 0 Å². The summed E-state index contributed by atoms with van der Waals surface area (Å²) in [6.07, 6.45) is 5.25. The molecule has 1 saturated carbocycles. The van der Waals surface area contributed by atoms with Gasteiger partial charge in [0.25, 0.3) is 0 Å². The van der Waals surface area contributed by atoms with Gasteiger partial charge in [0.15, 0.2) is 0 Å². The Morgan fingerprint density at radius 2 is 1.92 bits per heavy atom. The van der Waals surface area contributed by atoms with Crippen LogP contribution in [0.15, 0.2) is 5.10 Å². The van der Waals surface area contributed by atoms with E-state index in [-0.39, 0.29) is 0 Å². The van der Waals surface area contributed by atoms with E-state index in [1.165, 1.54) is 31.4 Å². The van der Waals surface area contributed by atoms with Crippen molar-refractivity contribution in [3.05, 3.63) is 0 Å². The molecular weight excluding hydrogens is 164 g/mol. The Labute approximate surface area is 79.5 Å². The molecule has 2 fully saturated rings. The monoisotopic (exact) mass is 182 g/mol. The number of hydrogen-bond acceptors (Lipinski definition) is 3. The van der Waals surface area contributed by atoms with E-state index in [4.69, 9.17) is 4.74 Å². The highest BCUT2D eigenvalue weighted by atomic mass is 16.5. The Hall–Kier alpha value is -0.570. The Morgan fingerprint density at radius 3 is 2.46 bits per heavy atom. The van der Waals surface area contributed by atoms with Crippen molar-refractivity contribution in [2.24, 2.45) is 11.0 Å². The van der Waals surface area contributed by atoms with E-state index >= 15 is 0 Å². The lowest BCUT2D eigenvalue weighted by molar-refractivity contribution is 0.157. The summed E-state index contributed by atoms with van der Waals surface area (Å²) in [6, 6.07) is 0.615. The second kappa shape index (κ2) is 4.09. The molecule has 2 aliphatic rings. The highest BCUT2D eigenvalue weighted by Crippen LogP contribution is 2.23. The van der Waals surface area contributed by atoms with Gasteiger partial charge < -0.3 is 10.2 Å². The molecule has 1 aliphatic heterocycles. The molecule has 0 amide bonds. The van der Waals surface area contributed by atoms with E-state index in [2.05, 4.69) is 17.5 Å². The molecule has 1 heterocycles. The zero-order chi connectivity index (χ0) is 9.10. The van der Waals surface area contributed by atoms with Gasteiger partial charge in [0, 0.05) is 6.04 Å². The number of nitrogens with one attached hydrogen (secondary N) is 1. The molecule has 74 valence electrons. The zero-order valence-corrected chi connectivity index (χ0v) is 8.25. The van der Waals surface area contributed by atoms with Crippen molar-refractivity contribution in [2.45, 2.75) is 38.6 Å². The molecule has 0 aromatic heterocycles. The average molecular weight is 182 g/mol. The lowest BCUT2D eigenvalue weighted by Gasteiger charge is -2.26. The largest absolute Gasteiger partial charge is 0.369 e. The summed E-state index contributed by atoms with van der Waals surface area (Å²) in [6.45, 7) is 3.80. The maximum atomic E-state index is 5.02. The molecule has 13 heavy (non-hydrogen) atoms. The summed E-state index contributed by atoms with van der Waals surface area (Å²) in [5.41, 5.74) is 4.42. The molecule has 0 radical (unpaired) electrons. The molecule has 2 rings (SSSR count). The maximum absolute atomic E-state index is 5.02. The first kappa shape index (κ1) is 9.00. The van der Waals surface area contributed by atoms with Gasteiger partial charge in [0.2, 0.25) is 0 Å². The molecule has 0 atom stereocenters. The van der Waals surface area contributed by atoms with Gasteiger partial charge in [0.05, 0.1) is 18.9 Å². The second-order valence-electron chi connectivity index (χ2n) is 4.26. The Morgan fingerprint density at radius 1 is 1.23 bits per heavy atom. The van der Waals surface area contributed by atoms with Crippen molar-refractivity contribution in [3.8, 4) is 0 Å². The first-order valence-electron chi connectivity index (χ1n) is 5.23. The lowest BCUT2D eigenvalue weighted by Crippen LogP contribution is -2.34. The Balaban J connectivity index is 1.70. The summed E-state index contributed by atoms with van der Waals surface area (Å²) in [7, 11) is 0. The van der Waals surface area contributed by atoms with Crippen LogP contribution in [0.3, 0.4) is 0 Å². The summed E-state index contributed by atoms with van der Waals surface area (Å²) in [5.74, 6) is 0.915. The van der Waals surface area contributed by atoms with Gasteiger partial charge in [-0.3, -0.25) is 0 Å². The summed E-state index contributed by atoms with van der Waals surface area (Å²) < 4.78 is 5.02. The first-order valence-corrected chi connectivity index (χ1v) is 5.23. The fraction of sp³-hybridized carbons (Fsp3) is 0.900. The minimum absolute atomic E-state index is 0.615. The Kier molecular flexibility index (Phi) is 2.83. The van der Waals surface area contributed by atoms with Crippen LogP contribution in [-0.2, 0) is 4.74 Å². The van der Waals surface area contributed by atoms with Crippen molar-refractivity contribution >= 4 is 5.71 Å². The van der Waals surface area contributed by atoms with Crippen molar-refractivity contribution in [2.75, 3.05) is 13.2 Å². The number of rotatable bonds is 2. The van der Waals surface area contributed by atoms with E-state index in [1.807, 2.05) is 0 Å². The third kappa shape index (κ3) is 2.44. The molecule has 0 unspecified atom stereocenters. The number of hydrogen-bond donors (Lipinski definition) is 1. The number of ether oxygens (including phenoxy) is 1. The molecule has 1 N–H and O–H groups in total. The van der Waals surface area contributed by atoms with Gasteiger partial charge >= 0.3 is 0 Å². The highest BCUT2D eigenvalue weighted by molar-refractivity contribution is 5.90. The third-order valence-electron chi connectivity index (χ3n) is 2.96. The van der Waals surface area contributed by atoms with Crippen LogP contribution in [-0.4, -0.2) is 25.0 Å². The van der Waals surface area contributed by atoms with Crippen LogP contribution in [0.4, 0.5) is 0 Å². The van der Waals surface area contributed by atoms with Crippen LogP contribution >= 0.6 is 0 Å². The lowest BCUT2D eigenvalue weighted by atomic mass is 9.88. The highest BCUT2D eigenvalue weighted by Gasteiger charge is 2.18. The molecule has 0 aromatic carbocycles. The fourth-order valence-electron chi connectivity index (χ4n) is 1.83. The van der Waals surface area contributed by atoms with Crippen molar-refractivity contribution in [1.82, 2.24) is 5.43 Å². The van der Waals surface area contributed by atoms with Gasteiger partial charge in [-0.2, -0.15) is 5.10 Å². The summed E-state index contributed by atoms with van der Waals surface area (Å²) in [5, 5.41) is 4.32. The van der Waals surface area contributed by atoms with Gasteiger partial charge in [-0.1, -0.05) is 6.92 Å². The predicted octanol–water partition coefficient (Wildman–Crippen LogP) is 1.54.